The van der Waals surface area contributed by atoms with Crippen molar-refractivity contribution in [1.29, 1.82) is 0 Å². The summed E-state index contributed by atoms with van der Waals surface area (Å²) in [5, 5.41) is 13.9. The topological polar surface area (TPSA) is 47.0 Å². The van der Waals surface area contributed by atoms with E-state index in [-0.39, 0.29) is 6.04 Å². The van der Waals surface area contributed by atoms with E-state index in [0.29, 0.717) is 5.02 Å². The zero-order chi connectivity index (χ0) is 13.1. The van der Waals surface area contributed by atoms with Crippen molar-refractivity contribution in [1.82, 2.24) is 15.5 Å². The van der Waals surface area contributed by atoms with Crippen molar-refractivity contribution < 1.29 is 4.74 Å². The van der Waals surface area contributed by atoms with Crippen molar-refractivity contribution in [2.75, 3.05) is 14.2 Å². The molecule has 18 heavy (non-hydrogen) atoms. The van der Waals surface area contributed by atoms with Gasteiger partial charge in [-0.25, -0.2) is 0 Å². The van der Waals surface area contributed by atoms with Crippen LogP contribution in [0.5, 0.6) is 5.75 Å². The Balaban J connectivity index is 2.42. The van der Waals surface area contributed by atoms with E-state index in [4.69, 9.17) is 16.3 Å². The molecule has 0 aliphatic carbocycles. The monoisotopic (exact) mass is 283 g/mol. The molecule has 1 N–H and O–H groups in total. The molecule has 2 aromatic rings. The van der Waals surface area contributed by atoms with E-state index in [1.807, 2.05) is 26.1 Å². The van der Waals surface area contributed by atoms with Crippen molar-refractivity contribution in [3.63, 3.8) is 0 Å². The van der Waals surface area contributed by atoms with Crippen molar-refractivity contribution in [3.8, 4) is 16.3 Å². The Morgan fingerprint density at radius 2 is 2.17 bits per heavy atom. The first-order valence-electron chi connectivity index (χ1n) is 5.50. The Kier molecular flexibility index (Phi) is 4.16. The molecule has 0 aliphatic rings. The molecule has 96 valence electrons. The summed E-state index contributed by atoms with van der Waals surface area (Å²) in [6.45, 7) is 2.04. The van der Waals surface area contributed by atoms with E-state index in [0.717, 1.165) is 21.3 Å². The number of nitrogens with zero attached hydrogens (tertiary/aromatic N) is 2. The van der Waals surface area contributed by atoms with Crippen LogP contribution in [-0.4, -0.2) is 24.4 Å². The molecule has 0 amide bonds. The van der Waals surface area contributed by atoms with E-state index in [9.17, 15) is 0 Å². The van der Waals surface area contributed by atoms with E-state index in [2.05, 4.69) is 15.5 Å². The van der Waals surface area contributed by atoms with E-state index >= 15 is 0 Å². The second-order valence-corrected chi connectivity index (χ2v) is 5.25. The maximum Gasteiger partial charge on any atom is 0.151 e. The quantitative estimate of drug-likeness (QED) is 0.936. The fraction of sp³-hybridized carbons (Fsp3) is 0.333. The van der Waals surface area contributed by atoms with Crippen LogP contribution < -0.4 is 10.1 Å². The third-order valence-electron chi connectivity index (χ3n) is 2.64. The molecule has 0 aliphatic heterocycles. The molecule has 0 fully saturated rings. The minimum atomic E-state index is 0.182. The Hall–Kier alpha value is -1.17. The molecular weight excluding hydrogens is 270 g/mol. The molecule has 1 heterocycles. The van der Waals surface area contributed by atoms with Crippen molar-refractivity contribution in [2.45, 2.75) is 13.0 Å². The minimum absolute atomic E-state index is 0.182. The van der Waals surface area contributed by atoms with Gasteiger partial charge in [-0.1, -0.05) is 22.9 Å². The number of hydrogen-bond donors (Lipinski definition) is 1. The maximum absolute atomic E-state index is 6.01. The minimum Gasteiger partial charge on any atom is -0.496 e. The second kappa shape index (κ2) is 5.65. The Morgan fingerprint density at radius 1 is 1.39 bits per heavy atom. The molecule has 1 aromatic heterocycles. The smallest absolute Gasteiger partial charge is 0.151 e. The number of halogens is 1. The van der Waals surface area contributed by atoms with Crippen LogP contribution in [0.25, 0.3) is 10.6 Å². The van der Waals surface area contributed by atoms with Crippen molar-refractivity contribution in [3.05, 3.63) is 28.2 Å². The van der Waals surface area contributed by atoms with Gasteiger partial charge in [-0.15, -0.1) is 10.2 Å². The maximum atomic E-state index is 6.01. The summed E-state index contributed by atoms with van der Waals surface area (Å²) < 4.78 is 5.32. The predicted octanol–water partition coefficient (Wildman–Crippen LogP) is 3.15. The summed E-state index contributed by atoms with van der Waals surface area (Å²) in [7, 11) is 3.52. The van der Waals surface area contributed by atoms with E-state index in [1.165, 1.54) is 11.3 Å². The summed E-state index contributed by atoms with van der Waals surface area (Å²) >= 11 is 7.54. The zero-order valence-electron chi connectivity index (χ0n) is 10.4. The number of benzene rings is 1. The summed E-state index contributed by atoms with van der Waals surface area (Å²) in [6.07, 6.45) is 0. The summed E-state index contributed by atoms with van der Waals surface area (Å²) in [5.41, 5.74) is 0.872. The summed E-state index contributed by atoms with van der Waals surface area (Å²) in [4.78, 5) is 0. The van der Waals surface area contributed by atoms with Gasteiger partial charge in [0.05, 0.1) is 18.7 Å². The summed E-state index contributed by atoms with van der Waals surface area (Å²) in [5.74, 6) is 0.749. The zero-order valence-corrected chi connectivity index (χ0v) is 12.0. The van der Waals surface area contributed by atoms with Gasteiger partial charge in [-0.05, 0) is 32.2 Å². The highest BCUT2D eigenvalue weighted by molar-refractivity contribution is 7.14. The molecule has 0 spiro atoms. The lowest BCUT2D eigenvalue weighted by Gasteiger charge is -2.06. The van der Waals surface area contributed by atoms with Gasteiger partial charge >= 0.3 is 0 Å². The number of aromatic nitrogens is 2. The normalized spacial score (nSPS) is 12.4. The Labute approximate surface area is 115 Å². The van der Waals surface area contributed by atoms with Crippen LogP contribution in [0.2, 0.25) is 5.02 Å². The van der Waals surface area contributed by atoms with Crippen LogP contribution in [0.4, 0.5) is 0 Å². The lowest BCUT2D eigenvalue weighted by Crippen LogP contribution is -2.11. The highest BCUT2D eigenvalue weighted by atomic mass is 35.5. The third-order valence-corrected chi connectivity index (χ3v) is 4.01. The lowest BCUT2D eigenvalue weighted by molar-refractivity contribution is 0.416. The molecule has 0 bridgehead atoms. The molecule has 6 heteroatoms. The first-order chi connectivity index (χ1) is 8.65. The average Bonchev–Trinajstić information content (AvgIpc) is 2.87. The SMILES string of the molecule is CNC(C)c1nnc(-c2cc(Cl)ccc2OC)s1. The van der Waals surface area contributed by atoms with Gasteiger partial charge in [0.1, 0.15) is 10.8 Å². The van der Waals surface area contributed by atoms with Gasteiger partial charge in [0.15, 0.2) is 5.01 Å². The van der Waals surface area contributed by atoms with Gasteiger partial charge < -0.3 is 10.1 Å². The summed E-state index contributed by atoms with van der Waals surface area (Å²) in [6, 6.07) is 5.65. The van der Waals surface area contributed by atoms with Crippen LogP contribution in [0.15, 0.2) is 18.2 Å². The van der Waals surface area contributed by atoms with Gasteiger partial charge in [0.25, 0.3) is 0 Å². The molecule has 0 radical (unpaired) electrons. The molecular formula is C12H14ClN3OS. The van der Waals surface area contributed by atoms with Crippen LogP contribution in [0.3, 0.4) is 0 Å². The number of hydrogen-bond acceptors (Lipinski definition) is 5. The molecule has 2 rings (SSSR count). The molecule has 1 unspecified atom stereocenters. The standard InChI is InChI=1S/C12H14ClN3OS/c1-7(14-2)11-15-16-12(18-11)9-6-8(13)4-5-10(9)17-3/h4-7,14H,1-3H3. The van der Waals surface area contributed by atoms with Crippen LogP contribution in [-0.2, 0) is 0 Å². The van der Waals surface area contributed by atoms with E-state index in [1.54, 1.807) is 13.2 Å². The van der Waals surface area contributed by atoms with E-state index < -0.39 is 0 Å². The fourth-order valence-electron chi connectivity index (χ4n) is 1.49. The van der Waals surface area contributed by atoms with Crippen molar-refractivity contribution in [2.24, 2.45) is 0 Å². The predicted molar refractivity (Wildman–Crippen MR) is 74.4 cm³/mol. The number of methoxy groups -OCH3 is 1. The van der Waals surface area contributed by atoms with Crippen LogP contribution >= 0.6 is 22.9 Å². The average molecular weight is 284 g/mol. The Morgan fingerprint density at radius 3 is 2.83 bits per heavy atom. The second-order valence-electron chi connectivity index (χ2n) is 3.80. The molecule has 0 saturated heterocycles. The lowest BCUT2D eigenvalue weighted by atomic mass is 10.2. The van der Waals surface area contributed by atoms with Gasteiger partial charge in [0, 0.05) is 5.02 Å². The van der Waals surface area contributed by atoms with Gasteiger partial charge in [0.2, 0.25) is 0 Å². The van der Waals surface area contributed by atoms with Crippen LogP contribution in [0.1, 0.15) is 18.0 Å². The molecule has 0 saturated carbocycles. The highest BCUT2D eigenvalue weighted by Crippen LogP contribution is 2.35. The molecule has 1 atom stereocenters. The van der Waals surface area contributed by atoms with Crippen molar-refractivity contribution >= 4 is 22.9 Å². The largest absolute Gasteiger partial charge is 0.496 e. The first kappa shape index (κ1) is 13.3. The number of rotatable bonds is 4. The number of nitrogens with one attached hydrogen (secondary N) is 1. The number of ether oxygens (including phenoxy) is 1. The first-order valence-corrected chi connectivity index (χ1v) is 6.69. The highest BCUT2D eigenvalue weighted by Gasteiger charge is 2.14. The van der Waals surface area contributed by atoms with Crippen LogP contribution in [0, 0.1) is 0 Å². The molecule has 4 nitrogen and oxygen atoms in total. The molecule has 1 aromatic carbocycles. The fourth-order valence-corrected chi connectivity index (χ4v) is 2.59. The Bertz CT molecular complexity index is 544. The van der Waals surface area contributed by atoms with Gasteiger partial charge in [-0.3, -0.25) is 0 Å². The van der Waals surface area contributed by atoms with Gasteiger partial charge in [-0.2, -0.15) is 0 Å². The third kappa shape index (κ3) is 2.63.